The fourth-order valence-electron chi connectivity index (χ4n) is 1.00. The number of halogens is 2. The summed E-state index contributed by atoms with van der Waals surface area (Å²) in [6.07, 6.45) is -2.10. The summed E-state index contributed by atoms with van der Waals surface area (Å²) in [5, 5.41) is 8.36. The van der Waals surface area contributed by atoms with Gasteiger partial charge in [-0.25, -0.2) is 8.78 Å². The normalized spacial score (nSPS) is 13.2. The van der Waals surface area contributed by atoms with E-state index in [1.54, 1.807) is 0 Å². The number of alkyl halides is 2. The number of carboxylic acids is 1. The van der Waals surface area contributed by atoms with E-state index in [1.165, 1.54) is 18.4 Å². The zero-order valence-electron chi connectivity index (χ0n) is 6.61. The van der Waals surface area contributed by atoms with E-state index in [4.69, 9.17) is 9.52 Å². The predicted molar refractivity (Wildman–Crippen MR) is 39.7 cm³/mol. The van der Waals surface area contributed by atoms with E-state index in [1.807, 2.05) is 0 Å². The Kier molecular flexibility index (Phi) is 3.00. The highest BCUT2D eigenvalue weighted by Gasteiger charge is 2.27. The van der Waals surface area contributed by atoms with Crippen LogP contribution in [0.2, 0.25) is 0 Å². The highest BCUT2D eigenvalue weighted by atomic mass is 19.3. The fraction of sp³-hybridized carbons (Fsp3) is 0.375. The minimum Gasteiger partial charge on any atom is -0.481 e. The Bertz CT molecular complexity index is 269. The summed E-state index contributed by atoms with van der Waals surface area (Å²) in [6, 6.07) is 2.80. The molecule has 3 nitrogen and oxygen atoms in total. The molecule has 13 heavy (non-hydrogen) atoms. The largest absolute Gasteiger partial charge is 0.481 e. The third-order valence-corrected chi connectivity index (χ3v) is 1.61. The van der Waals surface area contributed by atoms with Gasteiger partial charge in [0, 0.05) is 0 Å². The van der Waals surface area contributed by atoms with Crippen LogP contribution in [-0.4, -0.2) is 17.5 Å². The van der Waals surface area contributed by atoms with E-state index >= 15 is 0 Å². The average Bonchev–Trinajstić information content (AvgIpc) is 2.50. The Hall–Kier alpha value is -1.39. The molecule has 5 heteroatoms. The number of carbonyl (C=O) groups is 1. The van der Waals surface area contributed by atoms with E-state index in [0.717, 1.165) is 0 Å². The minimum absolute atomic E-state index is 0.0115. The second kappa shape index (κ2) is 4.02. The lowest BCUT2D eigenvalue weighted by Crippen LogP contribution is -2.13. The number of furan rings is 1. The Labute approximate surface area is 73.0 Å². The summed E-state index contributed by atoms with van der Waals surface area (Å²) in [5.41, 5.74) is 0. The molecule has 0 fully saturated rings. The maximum Gasteiger partial charge on any atom is 0.304 e. The molecule has 1 unspecified atom stereocenters. The highest BCUT2D eigenvalue weighted by molar-refractivity contribution is 5.67. The number of carboxylic acid groups (broad SMARTS) is 1. The molecule has 0 saturated heterocycles. The molecular weight excluding hydrogens is 182 g/mol. The summed E-state index contributed by atoms with van der Waals surface area (Å²) in [6.45, 7) is 0. The molecule has 0 aliphatic heterocycles. The molecule has 72 valence electrons. The molecule has 1 N–H and O–H groups in total. The fourth-order valence-corrected chi connectivity index (χ4v) is 1.00. The van der Waals surface area contributed by atoms with Crippen molar-refractivity contribution >= 4 is 5.97 Å². The van der Waals surface area contributed by atoms with Crippen LogP contribution in [0, 0.1) is 0 Å². The van der Waals surface area contributed by atoms with Crippen molar-refractivity contribution in [3.8, 4) is 0 Å². The number of rotatable bonds is 4. The molecule has 0 spiro atoms. The van der Waals surface area contributed by atoms with Gasteiger partial charge in [0.15, 0.2) is 0 Å². The van der Waals surface area contributed by atoms with Crippen LogP contribution in [0.5, 0.6) is 0 Å². The molecule has 0 aliphatic carbocycles. The van der Waals surface area contributed by atoms with Crippen molar-refractivity contribution in [2.75, 3.05) is 0 Å². The van der Waals surface area contributed by atoms with Gasteiger partial charge in [-0.15, -0.1) is 0 Å². The smallest absolute Gasteiger partial charge is 0.304 e. The van der Waals surface area contributed by atoms with Crippen molar-refractivity contribution < 1.29 is 23.1 Å². The molecule has 0 saturated carbocycles. The van der Waals surface area contributed by atoms with Crippen molar-refractivity contribution in [3.63, 3.8) is 0 Å². The Morgan fingerprint density at radius 1 is 1.62 bits per heavy atom. The first-order valence-electron chi connectivity index (χ1n) is 3.64. The third kappa shape index (κ3) is 2.54. The molecule has 0 aliphatic rings. The molecule has 0 amide bonds. The lowest BCUT2D eigenvalue weighted by molar-refractivity contribution is -0.138. The molecule has 0 radical (unpaired) electrons. The van der Waals surface area contributed by atoms with Crippen LogP contribution < -0.4 is 0 Å². The van der Waals surface area contributed by atoms with Crippen molar-refractivity contribution in [2.45, 2.75) is 18.8 Å². The second-order valence-electron chi connectivity index (χ2n) is 2.55. The zero-order chi connectivity index (χ0) is 9.84. The monoisotopic (exact) mass is 190 g/mol. The quantitative estimate of drug-likeness (QED) is 0.790. The number of hydrogen-bond acceptors (Lipinski definition) is 2. The Morgan fingerprint density at radius 2 is 2.31 bits per heavy atom. The Balaban J connectivity index is 2.74. The standard InChI is InChI=1S/C8H8F2O3/c9-8(10)5(4-7(11)12)6-2-1-3-13-6/h1-3,5,8H,4H2,(H,11,12). The van der Waals surface area contributed by atoms with Crippen LogP contribution >= 0.6 is 0 Å². The van der Waals surface area contributed by atoms with Crippen molar-refractivity contribution in [2.24, 2.45) is 0 Å². The van der Waals surface area contributed by atoms with Gasteiger partial charge in [0.1, 0.15) is 5.76 Å². The van der Waals surface area contributed by atoms with Gasteiger partial charge in [-0.05, 0) is 12.1 Å². The van der Waals surface area contributed by atoms with Crippen LogP contribution in [0.3, 0.4) is 0 Å². The maximum absolute atomic E-state index is 12.3. The van der Waals surface area contributed by atoms with Gasteiger partial charge in [0.2, 0.25) is 6.43 Å². The highest BCUT2D eigenvalue weighted by Crippen LogP contribution is 2.26. The van der Waals surface area contributed by atoms with E-state index in [-0.39, 0.29) is 5.76 Å². The first-order chi connectivity index (χ1) is 6.11. The lowest BCUT2D eigenvalue weighted by Gasteiger charge is -2.09. The van der Waals surface area contributed by atoms with Crippen LogP contribution in [0.15, 0.2) is 22.8 Å². The van der Waals surface area contributed by atoms with Gasteiger partial charge in [0.25, 0.3) is 0 Å². The van der Waals surface area contributed by atoms with Crippen molar-refractivity contribution in [1.29, 1.82) is 0 Å². The van der Waals surface area contributed by atoms with Crippen molar-refractivity contribution in [1.82, 2.24) is 0 Å². The predicted octanol–water partition coefficient (Wildman–Crippen LogP) is 2.10. The summed E-state index contributed by atoms with van der Waals surface area (Å²) >= 11 is 0. The summed E-state index contributed by atoms with van der Waals surface area (Å²) < 4.78 is 29.3. The average molecular weight is 190 g/mol. The third-order valence-electron chi connectivity index (χ3n) is 1.61. The van der Waals surface area contributed by atoms with Crippen LogP contribution in [-0.2, 0) is 4.79 Å². The molecular formula is C8H8F2O3. The maximum atomic E-state index is 12.3. The molecule has 0 aromatic carbocycles. The van der Waals surface area contributed by atoms with Gasteiger partial charge < -0.3 is 9.52 Å². The summed E-state index contributed by atoms with van der Waals surface area (Å²) in [4.78, 5) is 10.2. The van der Waals surface area contributed by atoms with Crippen LogP contribution in [0.25, 0.3) is 0 Å². The number of hydrogen-bond donors (Lipinski definition) is 1. The van der Waals surface area contributed by atoms with Crippen LogP contribution in [0.1, 0.15) is 18.1 Å². The Morgan fingerprint density at radius 3 is 2.69 bits per heavy atom. The number of aliphatic carboxylic acids is 1. The second-order valence-corrected chi connectivity index (χ2v) is 2.55. The van der Waals surface area contributed by atoms with Crippen molar-refractivity contribution in [3.05, 3.63) is 24.2 Å². The summed E-state index contributed by atoms with van der Waals surface area (Å²) in [5.74, 6) is -2.60. The van der Waals surface area contributed by atoms with Gasteiger partial charge in [-0.1, -0.05) is 0 Å². The van der Waals surface area contributed by atoms with E-state index in [0.29, 0.717) is 0 Å². The van der Waals surface area contributed by atoms with Gasteiger partial charge in [-0.2, -0.15) is 0 Å². The SMILES string of the molecule is O=C(O)CC(c1ccco1)C(F)F. The summed E-state index contributed by atoms with van der Waals surface area (Å²) in [7, 11) is 0. The van der Waals surface area contributed by atoms with Gasteiger partial charge in [-0.3, -0.25) is 4.79 Å². The zero-order valence-corrected chi connectivity index (χ0v) is 6.61. The first-order valence-corrected chi connectivity index (χ1v) is 3.64. The molecule has 1 aromatic heterocycles. The molecule has 1 aromatic rings. The van der Waals surface area contributed by atoms with E-state index in [2.05, 4.69) is 0 Å². The topological polar surface area (TPSA) is 50.4 Å². The molecule has 1 heterocycles. The minimum atomic E-state index is -2.72. The molecule has 0 bridgehead atoms. The van der Waals surface area contributed by atoms with Gasteiger partial charge in [0.05, 0.1) is 18.6 Å². The van der Waals surface area contributed by atoms with E-state index in [9.17, 15) is 13.6 Å². The first kappa shape index (κ1) is 9.70. The van der Waals surface area contributed by atoms with Gasteiger partial charge >= 0.3 is 5.97 Å². The molecule has 1 atom stereocenters. The molecule has 1 rings (SSSR count). The lowest BCUT2D eigenvalue weighted by atomic mass is 10.0. The van der Waals surface area contributed by atoms with E-state index < -0.39 is 24.7 Å². The van der Waals surface area contributed by atoms with Crippen LogP contribution in [0.4, 0.5) is 8.78 Å².